The van der Waals surface area contributed by atoms with Crippen LogP contribution in [0.5, 0.6) is 0 Å². The third-order valence-electron chi connectivity index (χ3n) is 4.56. The first-order valence-electron chi connectivity index (χ1n) is 8.84. The van der Waals surface area contributed by atoms with Gasteiger partial charge < -0.3 is 15.0 Å². The molecular formula is C18H23N5O4S. The lowest BCUT2D eigenvalue weighted by Crippen LogP contribution is -2.46. The third-order valence-corrected chi connectivity index (χ3v) is 6.47. The fourth-order valence-corrected chi connectivity index (χ4v) is 4.21. The number of carbonyl (C=O) groups is 1. The van der Waals surface area contributed by atoms with E-state index in [4.69, 9.17) is 0 Å². The van der Waals surface area contributed by atoms with E-state index in [9.17, 15) is 13.2 Å². The summed E-state index contributed by atoms with van der Waals surface area (Å²) in [5.74, 6) is -0.0435. The van der Waals surface area contributed by atoms with E-state index in [0.29, 0.717) is 30.3 Å². The molecule has 0 unspecified atom stereocenters. The predicted octanol–water partition coefficient (Wildman–Crippen LogP) is 0.811. The Labute approximate surface area is 164 Å². The number of hydrogen-bond acceptors (Lipinski definition) is 8. The number of anilines is 1. The topological polar surface area (TPSA) is 105 Å². The Morgan fingerprint density at radius 1 is 1.07 bits per heavy atom. The molecule has 1 N–H and O–H groups in total. The zero-order valence-electron chi connectivity index (χ0n) is 15.8. The van der Waals surface area contributed by atoms with Crippen LogP contribution >= 0.6 is 0 Å². The van der Waals surface area contributed by atoms with Crippen molar-refractivity contribution >= 4 is 21.8 Å². The number of esters is 1. The van der Waals surface area contributed by atoms with E-state index in [1.807, 2.05) is 7.05 Å². The van der Waals surface area contributed by atoms with Gasteiger partial charge in [-0.15, -0.1) is 10.2 Å². The van der Waals surface area contributed by atoms with Crippen molar-refractivity contribution in [2.24, 2.45) is 0 Å². The number of sulfonamides is 1. The standard InChI is InChI=1S/C18H23N5O4S/c1-22-9-11-23(12-10-22)28(25,26)15-5-3-14(4-6-15)13-19-17-8-7-16(20-21-17)18(24)27-2/h3-8H,9-13H2,1-2H3,(H,19,21). The summed E-state index contributed by atoms with van der Waals surface area (Å²) in [5, 5.41) is 10.8. The molecule has 0 atom stereocenters. The maximum Gasteiger partial charge on any atom is 0.358 e. The molecule has 1 fully saturated rings. The van der Waals surface area contributed by atoms with Gasteiger partial charge in [0.05, 0.1) is 12.0 Å². The molecule has 0 amide bonds. The van der Waals surface area contributed by atoms with Crippen LogP contribution in [0.25, 0.3) is 0 Å². The summed E-state index contributed by atoms with van der Waals surface area (Å²) in [5.41, 5.74) is 1.03. The number of carbonyl (C=O) groups excluding carboxylic acids is 1. The van der Waals surface area contributed by atoms with Gasteiger partial charge in [-0.25, -0.2) is 13.2 Å². The van der Waals surface area contributed by atoms with Gasteiger partial charge >= 0.3 is 5.97 Å². The Kier molecular flexibility index (Phi) is 6.22. The van der Waals surface area contributed by atoms with Crippen LogP contribution in [0.1, 0.15) is 16.1 Å². The number of piperazine rings is 1. The van der Waals surface area contributed by atoms with Crippen molar-refractivity contribution in [2.75, 3.05) is 45.7 Å². The number of likely N-dealkylation sites (N-methyl/N-ethyl adjacent to an activating group) is 1. The fraction of sp³-hybridized carbons (Fsp3) is 0.389. The van der Waals surface area contributed by atoms with Crippen molar-refractivity contribution < 1.29 is 17.9 Å². The molecule has 1 aromatic heterocycles. The number of aromatic nitrogens is 2. The summed E-state index contributed by atoms with van der Waals surface area (Å²) < 4.78 is 31.6. The van der Waals surface area contributed by atoms with Crippen LogP contribution in [-0.4, -0.2) is 74.1 Å². The van der Waals surface area contributed by atoms with Crippen LogP contribution in [-0.2, 0) is 21.3 Å². The molecule has 2 heterocycles. The van der Waals surface area contributed by atoms with E-state index in [-0.39, 0.29) is 5.69 Å². The highest BCUT2D eigenvalue weighted by Gasteiger charge is 2.27. The van der Waals surface area contributed by atoms with Crippen molar-refractivity contribution in [3.05, 3.63) is 47.7 Å². The summed E-state index contributed by atoms with van der Waals surface area (Å²) in [6, 6.07) is 9.93. The highest BCUT2D eigenvalue weighted by atomic mass is 32.2. The molecule has 0 saturated carbocycles. The van der Waals surface area contributed by atoms with E-state index in [2.05, 4.69) is 25.2 Å². The summed E-state index contributed by atoms with van der Waals surface area (Å²) in [6.07, 6.45) is 0. The predicted molar refractivity (Wildman–Crippen MR) is 103 cm³/mol. The van der Waals surface area contributed by atoms with Crippen LogP contribution in [0.15, 0.2) is 41.3 Å². The van der Waals surface area contributed by atoms with Crippen LogP contribution in [0.2, 0.25) is 0 Å². The zero-order chi connectivity index (χ0) is 20.1. The van der Waals surface area contributed by atoms with Gasteiger partial charge in [-0.3, -0.25) is 0 Å². The molecule has 0 bridgehead atoms. The van der Waals surface area contributed by atoms with Crippen LogP contribution in [0.4, 0.5) is 5.82 Å². The monoisotopic (exact) mass is 405 g/mol. The first-order valence-corrected chi connectivity index (χ1v) is 10.3. The summed E-state index contributed by atoms with van der Waals surface area (Å²) in [7, 11) is -0.198. The molecule has 28 heavy (non-hydrogen) atoms. The van der Waals surface area contributed by atoms with E-state index in [1.165, 1.54) is 17.5 Å². The molecule has 1 aliphatic heterocycles. The maximum atomic E-state index is 12.7. The van der Waals surface area contributed by atoms with E-state index >= 15 is 0 Å². The minimum absolute atomic E-state index is 0.131. The molecule has 9 nitrogen and oxygen atoms in total. The second-order valence-electron chi connectivity index (χ2n) is 6.50. The van der Waals surface area contributed by atoms with Gasteiger partial charge in [0, 0.05) is 32.7 Å². The van der Waals surface area contributed by atoms with Gasteiger partial charge in [0.15, 0.2) is 5.69 Å². The first-order chi connectivity index (χ1) is 13.4. The molecule has 2 aromatic rings. The third kappa shape index (κ3) is 4.64. The highest BCUT2D eigenvalue weighted by molar-refractivity contribution is 7.89. The summed E-state index contributed by atoms with van der Waals surface area (Å²) in [4.78, 5) is 13.8. The van der Waals surface area contributed by atoms with E-state index in [0.717, 1.165) is 18.7 Å². The smallest absolute Gasteiger partial charge is 0.358 e. The van der Waals surface area contributed by atoms with Crippen LogP contribution in [0, 0.1) is 0 Å². The van der Waals surface area contributed by atoms with Gasteiger partial charge in [-0.05, 0) is 36.9 Å². The molecule has 1 aromatic carbocycles. The van der Waals surface area contributed by atoms with Gasteiger partial charge in [-0.1, -0.05) is 12.1 Å². The molecular weight excluding hydrogens is 382 g/mol. The lowest BCUT2D eigenvalue weighted by atomic mass is 10.2. The van der Waals surface area contributed by atoms with E-state index in [1.54, 1.807) is 30.3 Å². The zero-order valence-corrected chi connectivity index (χ0v) is 16.6. The first kappa shape index (κ1) is 20.2. The van der Waals surface area contributed by atoms with Crippen molar-refractivity contribution in [1.82, 2.24) is 19.4 Å². The summed E-state index contributed by atoms with van der Waals surface area (Å²) in [6.45, 7) is 2.92. The molecule has 3 rings (SSSR count). The lowest BCUT2D eigenvalue weighted by Gasteiger charge is -2.31. The van der Waals surface area contributed by atoms with Gasteiger partial charge in [-0.2, -0.15) is 4.31 Å². The molecule has 0 aliphatic carbocycles. The van der Waals surface area contributed by atoms with Gasteiger partial charge in [0.1, 0.15) is 5.82 Å². The average molecular weight is 405 g/mol. The number of rotatable bonds is 6. The Hall–Kier alpha value is -2.56. The van der Waals surface area contributed by atoms with Gasteiger partial charge in [0.25, 0.3) is 0 Å². The highest BCUT2D eigenvalue weighted by Crippen LogP contribution is 2.18. The Bertz CT molecular complexity index is 908. The molecule has 1 aliphatic rings. The van der Waals surface area contributed by atoms with Crippen molar-refractivity contribution in [1.29, 1.82) is 0 Å². The normalized spacial score (nSPS) is 15.9. The Balaban J connectivity index is 1.60. The average Bonchev–Trinajstić information content (AvgIpc) is 2.72. The maximum absolute atomic E-state index is 12.7. The lowest BCUT2D eigenvalue weighted by molar-refractivity contribution is 0.0592. The number of methoxy groups -OCH3 is 1. The molecule has 0 radical (unpaired) electrons. The quantitative estimate of drug-likeness (QED) is 0.704. The second-order valence-corrected chi connectivity index (χ2v) is 8.44. The number of nitrogens with one attached hydrogen (secondary N) is 1. The number of ether oxygens (including phenoxy) is 1. The largest absolute Gasteiger partial charge is 0.464 e. The van der Waals surface area contributed by atoms with E-state index < -0.39 is 16.0 Å². The Morgan fingerprint density at radius 3 is 2.32 bits per heavy atom. The van der Waals surface area contributed by atoms with Crippen LogP contribution in [0.3, 0.4) is 0 Å². The number of hydrogen-bond donors (Lipinski definition) is 1. The number of nitrogens with zero attached hydrogens (tertiary/aromatic N) is 4. The molecule has 10 heteroatoms. The Morgan fingerprint density at radius 2 is 1.75 bits per heavy atom. The minimum atomic E-state index is -3.46. The molecule has 1 saturated heterocycles. The van der Waals surface area contributed by atoms with Crippen molar-refractivity contribution in [2.45, 2.75) is 11.4 Å². The minimum Gasteiger partial charge on any atom is -0.464 e. The SMILES string of the molecule is COC(=O)c1ccc(NCc2ccc(S(=O)(=O)N3CCN(C)CC3)cc2)nn1. The molecule has 0 spiro atoms. The summed E-state index contributed by atoms with van der Waals surface area (Å²) >= 11 is 0. The van der Waals surface area contributed by atoms with Gasteiger partial charge in [0.2, 0.25) is 10.0 Å². The second kappa shape index (κ2) is 8.63. The van der Waals surface area contributed by atoms with Crippen molar-refractivity contribution in [3.8, 4) is 0 Å². The van der Waals surface area contributed by atoms with Crippen LogP contribution < -0.4 is 5.32 Å². The number of benzene rings is 1. The fourth-order valence-electron chi connectivity index (χ4n) is 2.79. The molecule has 150 valence electrons. The van der Waals surface area contributed by atoms with Crippen molar-refractivity contribution in [3.63, 3.8) is 0 Å².